The Morgan fingerprint density at radius 1 is 1.29 bits per heavy atom. The van der Waals surface area contributed by atoms with Crippen molar-refractivity contribution in [2.24, 2.45) is 5.92 Å². The van der Waals surface area contributed by atoms with Crippen LogP contribution < -0.4 is 10.1 Å². The highest BCUT2D eigenvalue weighted by atomic mass is 16.5. The van der Waals surface area contributed by atoms with Crippen LogP contribution >= 0.6 is 0 Å². The zero-order valence-electron chi connectivity index (χ0n) is 11.4. The molecule has 0 aromatic carbocycles. The minimum absolute atomic E-state index is 0.392. The normalized spacial score (nSPS) is 14.2. The van der Waals surface area contributed by atoms with Crippen LogP contribution in [0.25, 0.3) is 0 Å². The van der Waals surface area contributed by atoms with Gasteiger partial charge in [-0.15, -0.1) is 0 Å². The van der Waals surface area contributed by atoms with Crippen LogP contribution in [-0.2, 0) is 0 Å². The minimum Gasteiger partial charge on any atom is -0.478 e. The molecule has 1 aromatic heterocycles. The second-order valence-corrected chi connectivity index (χ2v) is 4.39. The average Bonchev–Trinajstić information content (AvgIpc) is 2.27. The summed E-state index contributed by atoms with van der Waals surface area (Å²) in [5.74, 6) is 2.82. The predicted molar refractivity (Wildman–Crippen MR) is 70.5 cm³/mol. The van der Waals surface area contributed by atoms with E-state index in [0.717, 1.165) is 18.1 Å². The summed E-state index contributed by atoms with van der Waals surface area (Å²) in [6.07, 6.45) is 1.15. The maximum Gasteiger partial charge on any atom is 0.218 e. The quantitative estimate of drug-likeness (QED) is 0.826. The number of nitrogens with one attached hydrogen (secondary N) is 1. The molecule has 1 rings (SSSR count). The molecule has 0 bridgehead atoms. The van der Waals surface area contributed by atoms with Crippen molar-refractivity contribution in [3.63, 3.8) is 0 Å². The van der Waals surface area contributed by atoms with Gasteiger partial charge in [-0.25, -0.2) is 4.98 Å². The summed E-state index contributed by atoms with van der Waals surface area (Å²) in [6.45, 7) is 11.0. The van der Waals surface area contributed by atoms with Crippen molar-refractivity contribution < 1.29 is 4.74 Å². The third kappa shape index (κ3) is 4.21. The first-order chi connectivity index (χ1) is 8.06. The van der Waals surface area contributed by atoms with Crippen molar-refractivity contribution in [1.29, 1.82) is 0 Å². The summed E-state index contributed by atoms with van der Waals surface area (Å²) >= 11 is 0. The fourth-order valence-corrected chi connectivity index (χ4v) is 1.57. The van der Waals surface area contributed by atoms with Gasteiger partial charge in [0.1, 0.15) is 11.6 Å². The van der Waals surface area contributed by atoms with Crippen LogP contribution in [0, 0.1) is 12.8 Å². The standard InChI is InChI=1S/C13H23N3O/c1-6-9(3)10(4)14-12-8-13(17-7-2)16-11(5)15-12/h8-10H,6-7H2,1-5H3,(H,14,15,16). The van der Waals surface area contributed by atoms with Crippen LogP contribution in [0.15, 0.2) is 6.07 Å². The number of hydrogen-bond acceptors (Lipinski definition) is 4. The molecule has 1 N–H and O–H groups in total. The topological polar surface area (TPSA) is 47.0 Å². The molecule has 0 amide bonds. The Bertz CT molecular complexity index is 355. The molecule has 17 heavy (non-hydrogen) atoms. The summed E-state index contributed by atoms with van der Waals surface area (Å²) in [7, 11) is 0. The first-order valence-electron chi connectivity index (χ1n) is 6.31. The van der Waals surface area contributed by atoms with Crippen LogP contribution in [0.3, 0.4) is 0 Å². The Hall–Kier alpha value is -1.32. The van der Waals surface area contributed by atoms with Gasteiger partial charge < -0.3 is 10.1 Å². The van der Waals surface area contributed by atoms with Gasteiger partial charge in [-0.1, -0.05) is 20.3 Å². The van der Waals surface area contributed by atoms with E-state index in [1.807, 2.05) is 19.9 Å². The molecule has 2 unspecified atom stereocenters. The number of hydrogen-bond donors (Lipinski definition) is 1. The fourth-order valence-electron chi connectivity index (χ4n) is 1.57. The highest BCUT2D eigenvalue weighted by Crippen LogP contribution is 2.17. The van der Waals surface area contributed by atoms with E-state index in [4.69, 9.17) is 4.74 Å². The van der Waals surface area contributed by atoms with Gasteiger partial charge in [0.2, 0.25) is 5.88 Å². The minimum atomic E-state index is 0.392. The van der Waals surface area contributed by atoms with Crippen molar-refractivity contribution in [2.75, 3.05) is 11.9 Å². The van der Waals surface area contributed by atoms with E-state index in [0.29, 0.717) is 24.4 Å². The van der Waals surface area contributed by atoms with E-state index < -0.39 is 0 Å². The Labute approximate surface area is 104 Å². The molecule has 4 nitrogen and oxygen atoms in total. The molecule has 0 radical (unpaired) electrons. The Kier molecular flexibility index (Phi) is 5.19. The van der Waals surface area contributed by atoms with Crippen LogP contribution in [0.4, 0.5) is 5.82 Å². The van der Waals surface area contributed by atoms with Crippen LogP contribution in [0.5, 0.6) is 5.88 Å². The number of rotatable bonds is 6. The van der Waals surface area contributed by atoms with Gasteiger partial charge in [0.05, 0.1) is 6.61 Å². The summed E-state index contributed by atoms with van der Waals surface area (Å²) in [5, 5.41) is 3.40. The Morgan fingerprint density at radius 3 is 2.59 bits per heavy atom. The number of aryl methyl sites for hydroxylation is 1. The summed E-state index contributed by atoms with van der Waals surface area (Å²) in [5.41, 5.74) is 0. The molecular weight excluding hydrogens is 214 g/mol. The maximum absolute atomic E-state index is 5.40. The molecule has 0 saturated carbocycles. The molecule has 1 heterocycles. The summed E-state index contributed by atoms with van der Waals surface area (Å²) < 4.78 is 5.40. The van der Waals surface area contributed by atoms with E-state index in [1.54, 1.807) is 0 Å². The van der Waals surface area contributed by atoms with Crippen LogP contribution in [0.2, 0.25) is 0 Å². The van der Waals surface area contributed by atoms with E-state index in [2.05, 4.69) is 36.1 Å². The Morgan fingerprint density at radius 2 is 2.00 bits per heavy atom. The second kappa shape index (κ2) is 6.42. The van der Waals surface area contributed by atoms with Crippen molar-refractivity contribution >= 4 is 5.82 Å². The number of nitrogens with zero attached hydrogens (tertiary/aromatic N) is 2. The lowest BCUT2D eigenvalue weighted by Gasteiger charge is -2.20. The van der Waals surface area contributed by atoms with E-state index in [9.17, 15) is 0 Å². The van der Waals surface area contributed by atoms with Crippen LogP contribution in [-0.4, -0.2) is 22.6 Å². The molecule has 0 aliphatic carbocycles. The fraction of sp³-hybridized carbons (Fsp3) is 0.692. The highest BCUT2D eigenvalue weighted by molar-refractivity contribution is 5.39. The number of anilines is 1. The van der Waals surface area contributed by atoms with Crippen molar-refractivity contribution in [3.8, 4) is 5.88 Å². The average molecular weight is 237 g/mol. The molecular formula is C13H23N3O. The first kappa shape index (κ1) is 13.7. The predicted octanol–water partition coefficient (Wildman–Crippen LogP) is 3.03. The first-order valence-corrected chi connectivity index (χ1v) is 6.31. The lowest BCUT2D eigenvalue weighted by molar-refractivity contribution is 0.325. The number of ether oxygens (including phenoxy) is 1. The van der Waals surface area contributed by atoms with Gasteiger partial charge >= 0.3 is 0 Å². The molecule has 4 heteroatoms. The smallest absolute Gasteiger partial charge is 0.218 e. The zero-order chi connectivity index (χ0) is 12.8. The van der Waals surface area contributed by atoms with Gasteiger partial charge in [0.15, 0.2) is 0 Å². The molecule has 0 fully saturated rings. The second-order valence-electron chi connectivity index (χ2n) is 4.39. The third-order valence-electron chi connectivity index (χ3n) is 2.98. The molecule has 0 aliphatic rings. The van der Waals surface area contributed by atoms with Crippen LogP contribution in [0.1, 0.15) is 39.9 Å². The van der Waals surface area contributed by atoms with Gasteiger partial charge in [0, 0.05) is 12.1 Å². The largest absolute Gasteiger partial charge is 0.478 e. The summed E-state index contributed by atoms with van der Waals surface area (Å²) in [4.78, 5) is 8.59. The molecule has 0 spiro atoms. The van der Waals surface area contributed by atoms with Gasteiger partial charge in [-0.3, -0.25) is 0 Å². The Balaban J connectivity index is 2.76. The number of aromatic nitrogens is 2. The van der Waals surface area contributed by atoms with Crippen molar-refractivity contribution in [2.45, 2.75) is 47.1 Å². The van der Waals surface area contributed by atoms with E-state index in [-0.39, 0.29) is 0 Å². The van der Waals surface area contributed by atoms with Gasteiger partial charge in [-0.05, 0) is 26.7 Å². The zero-order valence-corrected chi connectivity index (χ0v) is 11.4. The molecule has 2 atom stereocenters. The maximum atomic E-state index is 5.40. The van der Waals surface area contributed by atoms with Gasteiger partial charge in [0.25, 0.3) is 0 Å². The highest BCUT2D eigenvalue weighted by Gasteiger charge is 2.11. The van der Waals surface area contributed by atoms with E-state index >= 15 is 0 Å². The van der Waals surface area contributed by atoms with Crippen molar-refractivity contribution in [3.05, 3.63) is 11.9 Å². The molecule has 0 saturated heterocycles. The van der Waals surface area contributed by atoms with E-state index in [1.165, 1.54) is 0 Å². The summed E-state index contributed by atoms with van der Waals surface area (Å²) in [6, 6.07) is 2.25. The molecule has 0 aliphatic heterocycles. The van der Waals surface area contributed by atoms with Gasteiger partial charge in [-0.2, -0.15) is 4.98 Å². The lowest BCUT2D eigenvalue weighted by atomic mass is 10.0. The lowest BCUT2D eigenvalue weighted by Crippen LogP contribution is -2.24. The monoisotopic (exact) mass is 237 g/mol. The third-order valence-corrected chi connectivity index (χ3v) is 2.98. The van der Waals surface area contributed by atoms with Crippen molar-refractivity contribution in [1.82, 2.24) is 9.97 Å². The molecule has 1 aromatic rings. The molecule has 96 valence electrons. The SMILES string of the molecule is CCOc1cc(NC(C)C(C)CC)nc(C)n1.